The minimum absolute atomic E-state index is 0.332. The van der Waals surface area contributed by atoms with Gasteiger partial charge in [-0.2, -0.15) is 43.2 Å². The summed E-state index contributed by atoms with van der Waals surface area (Å²) in [5, 5.41) is 19.9. The number of nitrogens with zero attached hydrogens (tertiary/aromatic N) is 4. The van der Waals surface area contributed by atoms with Crippen molar-refractivity contribution in [2.75, 3.05) is 0 Å². The van der Waals surface area contributed by atoms with Crippen LogP contribution in [0.3, 0.4) is 0 Å². The van der Waals surface area contributed by atoms with E-state index in [1.807, 2.05) is 42.6 Å². The van der Waals surface area contributed by atoms with E-state index >= 15 is 0 Å². The summed E-state index contributed by atoms with van der Waals surface area (Å²) >= 11 is 0. The number of alkyl halides is 6. The fourth-order valence-corrected chi connectivity index (χ4v) is 7.15. The Hall–Kier alpha value is -6.78. The van der Waals surface area contributed by atoms with E-state index in [2.05, 4.69) is 15.0 Å². The maximum atomic E-state index is 13.6. The predicted molar refractivity (Wildman–Crippen MR) is 188 cm³/mol. The third-order valence-electron chi connectivity index (χ3n) is 9.35. The van der Waals surface area contributed by atoms with Crippen LogP contribution in [0.25, 0.3) is 81.4 Å². The van der Waals surface area contributed by atoms with Gasteiger partial charge in [-0.3, -0.25) is 0 Å². The van der Waals surface area contributed by atoms with Crippen molar-refractivity contribution in [1.29, 1.82) is 5.26 Å². The van der Waals surface area contributed by atoms with E-state index in [0.717, 1.165) is 29.8 Å². The molecule has 0 unspecified atom stereocenters. The molecule has 0 aliphatic rings. The lowest BCUT2D eigenvalue weighted by Gasteiger charge is -2.10. The normalized spacial score (nSPS) is 13.0. The van der Waals surface area contributed by atoms with Crippen LogP contribution in [0.15, 0.2) is 131 Å². The van der Waals surface area contributed by atoms with Crippen LogP contribution in [-0.2, 0) is 12.4 Å². The van der Waals surface area contributed by atoms with E-state index in [-0.39, 0.29) is 0 Å². The number of nitriles is 1. The standard InChI is InChI=1S/C42H20F6N4/c1-50-52-40-33-19-26(24-9-5-11-28(17-24)41(43,44)45)13-15-30(33)32-21-35-37(36(38(32)40)23-7-3-2-4-8-23)31-16-14-27(20-34(31)39(35)51-22-49)25-10-6-12-29(18-25)42(46,47)48/h2-21H/b51-39+,52-40+. The first-order valence-electron chi connectivity index (χ1n) is 15.8. The Morgan fingerprint density at radius 3 is 1.60 bits per heavy atom. The Bertz CT molecular complexity index is 2890. The van der Waals surface area contributed by atoms with Gasteiger partial charge in [0.05, 0.1) is 21.6 Å². The smallest absolute Gasteiger partial charge is 0.181 e. The minimum Gasteiger partial charge on any atom is -0.181 e. The summed E-state index contributed by atoms with van der Waals surface area (Å²) in [4.78, 5) is 7.62. The summed E-state index contributed by atoms with van der Waals surface area (Å²) in [6.07, 6.45) is -7.17. The number of fused-ring (bicyclic) bond motifs is 6. The van der Waals surface area contributed by atoms with E-state index in [1.165, 1.54) is 12.1 Å². The summed E-state index contributed by atoms with van der Waals surface area (Å²) < 4.78 is 81.6. The highest BCUT2D eigenvalue weighted by atomic mass is 19.4. The SMILES string of the molecule is [C-]#[N+]/N=c1\c2cc(-c3cccc(C(F)(F)F)c3)ccc2c2cc3/c(=N/C#N)c4cc(-c5cccc(C(F)(F)F)c5)ccc4c3c(-c3ccccc3)c12. The average molecular weight is 695 g/mol. The zero-order chi connectivity index (χ0) is 36.4. The summed E-state index contributed by atoms with van der Waals surface area (Å²) in [6.45, 7) is 7.74. The molecule has 8 rings (SSSR count). The molecule has 250 valence electrons. The second-order valence-corrected chi connectivity index (χ2v) is 12.2. The van der Waals surface area contributed by atoms with E-state index < -0.39 is 23.5 Å². The summed E-state index contributed by atoms with van der Waals surface area (Å²) in [7, 11) is 0. The van der Waals surface area contributed by atoms with Gasteiger partial charge in [0, 0.05) is 32.5 Å². The molecular formula is C42H20F6N4. The fraction of sp³-hybridized carbons (Fsp3) is 0.0476. The molecule has 0 saturated heterocycles. The number of hydrogen-bond donors (Lipinski definition) is 0. The van der Waals surface area contributed by atoms with Gasteiger partial charge in [-0.15, -0.1) is 4.95 Å². The number of rotatable bonds is 3. The van der Waals surface area contributed by atoms with Gasteiger partial charge in [0.1, 0.15) is 0 Å². The highest BCUT2D eigenvalue weighted by Gasteiger charge is 2.31. The summed E-state index contributed by atoms with van der Waals surface area (Å²) in [5.41, 5.74) is 1.58. The summed E-state index contributed by atoms with van der Waals surface area (Å²) in [6, 6.07) is 31.7. The van der Waals surface area contributed by atoms with Crippen molar-refractivity contribution in [1.82, 2.24) is 0 Å². The highest BCUT2D eigenvalue weighted by molar-refractivity contribution is 6.29. The lowest BCUT2D eigenvalue weighted by Crippen LogP contribution is -2.04. The first-order chi connectivity index (χ1) is 25.0. The van der Waals surface area contributed by atoms with Gasteiger partial charge in [-0.25, -0.2) is 0 Å². The molecule has 10 heteroatoms. The Labute approximate surface area is 291 Å². The number of hydrogen-bond acceptors (Lipinski definition) is 3. The molecule has 8 aromatic carbocycles. The molecule has 0 spiro atoms. The van der Waals surface area contributed by atoms with Crippen LogP contribution in [0.5, 0.6) is 0 Å². The van der Waals surface area contributed by atoms with Crippen molar-refractivity contribution in [3.63, 3.8) is 0 Å². The molecule has 0 N–H and O–H groups in total. The second kappa shape index (κ2) is 11.9. The van der Waals surface area contributed by atoms with Gasteiger partial charge < -0.3 is 0 Å². The largest absolute Gasteiger partial charge is 0.416 e. The van der Waals surface area contributed by atoms with Gasteiger partial charge in [-0.05, 0) is 86.4 Å². The second-order valence-electron chi connectivity index (χ2n) is 12.2. The molecular weight excluding hydrogens is 674 g/mol. The number of benzene rings is 6. The first kappa shape index (κ1) is 32.4. The van der Waals surface area contributed by atoms with Crippen molar-refractivity contribution < 1.29 is 26.3 Å². The molecule has 0 bridgehead atoms. The minimum atomic E-state index is -4.53. The van der Waals surface area contributed by atoms with Crippen LogP contribution in [0.4, 0.5) is 26.3 Å². The van der Waals surface area contributed by atoms with Gasteiger partial charge in [0.15, 0.2) is 5.36 Å². The average Bonchev–Trinajstić information content (AvgIpc) is 3.62. The Morgan fingerprint density at radius 1 is 0.500 bits per heavy atom. The maximum absolute atomic E-state index is 13.6. The van der Waals surface area contributed by atoms with E-state index in [9.17, 15) is 31.6 Å². The molecule has 0 amide bonds. The molecule has 0 heterocycles. The third-order valence-corrected chi connectivity index (χ3v) is 9.35. The number of halogens is 6. The predicted octanol–water partition coefficient (Wildman–Crippen LogP) is 11.3. The highest BCUT2D eigenvalue weighted by Crippen LogP contribution is 2.43. The summed E-state index contributed by atoms with van der Waals surface area (Å²) in [5.74, 6) is 0. The molecule has 0 aliphatic carbocycles. The fourth-order valence-electron chi connectivity index (χ4n) is 7.15. The topological polar surface area (TPSA) is 52.9 Å². The quantitative estimate of drug-likeness (QED) is 0.0786. The molecule has 8 aromatic rings. The van der Waals surface area contributed by atoms with Crippen LogP contribution < -0.4 is 10.7 Å². The molecule has 0 aromatic heterocycles. The zero-order valence-electron chi connectivity index (χ0n) is 26.6. The van der Waals surface area contributed by atoms with Crippen LogP contribution >= 0.6 is 0 Å². The molecule has 0 saturated carbocycles. The van der Waals surface area contributed by atoms with Crippen molar-refractivity contribution in [2.24, 2.45) is 10.1 Å². The van der Waals surface area contributed by atoms with Gasteiger partial charge in [-0.1, -0.05) is 78.9 Å². The molecule has 0 atom stereocenters. The molecule has 4 nitrogen and oxygen atoms in total. The Morgan fingerprint density at radius 2 is 1.04 bits per heavy atom. The van der Waals surface area contributed by atoms with Gasteiger partial charge >= 0.3 is 12.4 Å². The van der Waals surface area contributed by atoms with E-state index in [1.54, 1.807) is 48.5 Å². The van der Waals surface area contributed by atoms with Crippen LogP contribution in [0, 0.1) is 18.0 Å². The van der Waals surface area contributed by atoms with Crippen molar-refractivity contribution in [3.8, 4) is 39.6 Å². The van der Waals surface area contributed by atoms with Crippen molar-refractivity contribution in [3.05, 3.63) is 155 Å². The van der Waals surface area contributed by atoms with Gasteiger partial charge in [0.2, 0.25) is 6.19 Å². The first-order valence-corrected chi connectivity index (χ1v) is 15.8. The van der Waals surface area contributed by atoms with Crippen LogP contribution in [0.2, 0.25) is 0 Å². The zero-order valence-corrected chi connectivity index (χ0v) is 26.6. The monoisotopic (exact) mass is 694 g/mol. The maximum Gasteiger partial charge on any atom is 0.416 e. The lowest BCUT2D eigenvalue weighted by atomic mass is 9.94. The van der Waals surface area contributed by atoms with Crippen molar-refractivity contribution in [2.45, 2.75) is 12.4 Å². The Kier molecular flexibility index (Phi) is 7.44. The third kappa shape index (κ3) is 5.24. The van der Waals surface area contributed by atoms with Crippen LogP contribution in [-0.4, -0.2) is 0 Å². The van der Waals surface area contributed by atoms with E-state index in [0.29, 0.717) is 81.6 Å². The van der Waals surface area contributed by atoms with Gasteiger partial charge in [0.25, 0.3) is 0 Å². The molecule has 0 fully saturated rings. The van der Waals surface area contributed by atoms with Crippen LogP contribution in [0.1, 0.15) is 11.1 Å². The molecule has 52 heavy (non-hydrogen) atoms. The Balaban J connectivity index is 1.49. The molecule has 0 radical (unpaired) electrons. The van der Waals surface area contributed by atoms with Crippen molar-refractivity contribution >= 4 is 43.1 Å². The molecule has 0 aliphatic heterocycles. The lowest BCUT2D eigenvalue weighted by molar-refractivity contribution is -0.138. The van der Waals surface area contributed by atoms with E-state index in [4.69, 9.17) is 6.57 Å².